The van der Waals surface area contributed by atoms with E-state index in [4.69, 9.17) is 15.7 Å². The Morgan fingerprint density at radius 1 is 0.444 bits per heavy atom. The average Bonchev–Trinajstić information content (AvgIpc) is 3.58. The van der Waals surface area contributed by atoms with E-state index in [1.807, 2.05) is 72.8 Å². The van der Waals surface area contributed by atoms with E-state index in [1.165, 1.54) is 38.6 Å². The van der Waals surface area contributed by atoms with Crippen LogP contribution in [-0.4, -0.2) is 11.7 Å². The maximum Gasteiger partial charge on any atom is 0.157 e. The van der Waals surface area contributed by atoms with E-state index < -0.39 is 0 Å². The summed E-state index contributed by atoms with van der Waals surface area (Å²) < 4.78 is 0. The number of nitrogens with two attached hydrogens (primary N) is 1. The largest absolute Gasteiger partial charge is 0.383 e. The van der Waals surface area contributed by atoms with Crippen molar-refractivity contribution in [2.75, 3.05) is 0 Å². The lowest BCUT2D eigenvalue weighted by Gasteiger charge is -2.15. The molecule has 54 heavy (non-hydrogen) atoms. The molecule has 1 aliphatic carbocycles. The first-order valence-electron chi connectivity index (χ1n) is 18.0. The Hall–Kier alpha value is -7.35. The topological polar surface area (TPSA) is 74.5 Å². The second-order valence-corrected chi connectivity index (χ2v) is 13.4. The molecule has 8 aromatic carbocycles. The van der Waals surface area contributed by atoms with E-state index >= 15 is 0 Å². The van der Waals surface area contributed by atoms with Gasteiger partial charge in [-0.25, -0.2) is 4.99 Å². The Bertz CT molecular complexity index is 2730. The van der Waals surface area contributed by atoms with E-state index in [0.717, 1.165) is 44.5 Å². The van der Waals surface area contributed by atoms with Gasteiger partial charge in [0.15, 0.2) is 5.84 Å². The zero-order valence-corrected chi connectivity index (χ0v) is 29.4. The minimum Gasteiger partial charge on any atom is -0.383 e. The van der Waals surface area contributed by atoms with Crippen LogP contribution in [0.4, 0.5) is 0 Å². The van der Waals surface area contributed by atoms with Crippen LogP contribution in [0.15, 0.2) is 192 Å². The number of nitriles is 1. The van der Waals surface area contributed by atoms with Gasteiger partial charge in [-0.3, -0.25) is 4.99 Å². The standard InChI is InChI=1S/C50H34N4/c51-31-33-15-17-37(18-16-33)41-27-29-45-43-13-7-8-14-44(43)46-30-28-42(47(41)48(45)46)38-23-19-35(20-24-38)36-21-25-39(26-22-36)49(52)54-50(40-11-5-2-6-12-40)53-32-34-9-3-1-4-10-34/h1-30H,32H2,(H2,52,53,54). The van der Waals surface area contributed by atoms with E-state index in [0.29, 0.717) is 23.8 Å². The Labute approximate surface area is 314 Å². The summed E-state index contributed by atoms with van der Waals surface area (Å²) in [6.45, 7) is 0.516. The Kier molecular flexibility index (Phi) is 8.43. The summed E-state index contributed by atoms with van der Waals surface area (Å²) in [4.78, 5) is 9.64. The SMILES string of the molecule is N#Cc1ccc(-c2ccc3c4c(ccc(-c5ccc(-c6ccc(C(N)=NC(=NCc7ccccc7)c7ccccc7)cc6)cc5)c24)-c2ccccc2-3)cc1. The van der Waals surface area contributed by atoms with Crippen molar-refractivity contribution in [3.63, 3.8) is 0 Å². The Morgan fingerprint density at radius 2 is 0.907 bits per heavy atom. The molecule has 0 heterocycles. The van der Waals surface area contributed by atoms with Gasteiger partial charge in [0.2, 0.25) is 0 Å². The zero-order valence-electron chi connectivity index (χ0n) is 29.4. The highest BCUT2D eigenvalue weighted by atomic mass is 15.0. The first-order valence-corrected chi connectivity index (χ1v) is 18.0. The number of fused-ring (bicyclic) bond motifs is 3. The zero-order chi connectivity index (χ0) is 36.4. The second kappa shape index (κ2) is 14.0. The van der Waals surface area contributed by atoms with Gasteiger partial charge in [0.1, 0.15) is 5.84 Å². The van der Waals surface area contributed by atoms with Gasteiger partial charge in [-0.1, -0.05) is 170 Å². The fraction of sp³-hybridized carbons (Fsp3) is 0.0200. The fourth-order valence-electron chi connectivity index (χ4n) is 7.49. The first-order chi connectivity index (χ1) is 26.6. The van der Waals surface area contributed by atoms with Crippen LogP contribution in [0.5, 0.6) is 0 Å². The molecule has 0 unspecified atom stereocenters. The maximum atomic E-state index is 9.44. The van der Waals surface area contributed by atoms with E-state index in [2.05, 4.69) is 115 Å². The van der Waals surface area contributed by atoms with Crippen LogP contribution in [-0.2, 0) is 6.54 Å². The van der Waals surface area contributed by atoms with Crippen molar-refractivity contribution in [1.82, 2.24) is 0 Å². The number of benzene rings is 8. The molecule has 0 atom stereocenters. The lowest BCUT2D eigenvalue weighted by atomic mass is 9.88. The van der Waals surface area contributed by atoms with E-state index in [1.54, 1.807) is 0 Å². The molecule has 9 rings (SSSR count). The van der Waals surface area contributed by atoms with Crippen LogP contribution in [0, 0.1) is 11.3 Å². The second-order valence-electron chi connectivity index (χ2n) is 13.4. The summed E-state index contributed by atoms with van der Waals surface area (Å²) in [5.41, 5.74) is 21.9. The molecule has 254 valence electrons. The van der Waals surface area contributed by atoms with Gasteiger partial charge >= 0.3 is 0 Å². The van der Waals surface area contributed by atoms with Crippen LogP contribution < -0.4 is 5.73 Å². The summed E-state index contributed by atoms with van der Waals surface area (Å²) in [5.74, 6) is 1.02. The van der Waals surface area contributed by atoms with Crippen LogP contribution in [0.1, 0.15) is 22.3 Å². The average molecular weight is 691 g/mol. The van der Waals surface area contributed by atoms with Crippen LogP contribution in [0.2, 0.25) is 0 Å². The van der Waals surface area contributed by atoms with Crippen molar-refractivity contribution in [3.05, 3.63) is 204 Å². The van der Waals surface area contributed by atoms with Crippen LogP contribution in [0.3, 0.4) is 0 Å². The van der Waals surface area contributed by atoms with Crippen LogP contribution in [0.25, 0.3) is 66.4 Å². The molecule has 0 fully saturated rings. The van der Waals surface area contributed by atoms with Gasteiger partial charge in [-0.2, -0.15) is 5.26 Å². The summed E-state index contributed by atoms with van der Waals surface area (Å²) in [7, 11) is 0. The highest BCUT2D eigenvalue weighted by Gasteiger charge is 2.24. The van der Waals surface area contributed by atoms with Crippen molar-refractivity contribution in [3.8, 4) is 61.7 Å². The quantitative estimate of drug-likeness (QED) is 0.133. The normalized spacial score (nSPS) is 12.1. The molecule has 0 spiro atoms. The molecule has 0 radical (unpaired) electrons. The molecule has 4 nitrogen and oxygen atoms in total. The van der Waals surface area contributed by atoms with Gasteiger partial charge in [0.05, 0.1) is 18.2 Å². The van der Waals surface area contributed by atoms with Gasteiger partial charge in [0.25, 0.3) is 0 Å². The predicted octanol–water partition coefficient (Wildman–Crippen LogP) is 11.7. The molecule has 0 bridgehead atoms. The first kappa shape index (κ1) is 32.6. The molecule has 8 aromatic rings. The molecule has 0 aliphatic heterocycles. The van der Waals surface area contributed by atoms with Gasteiger partial charge < -0.3 is 5.73 Å². The molecule has 2 N–H and O–H groups in total. The number of hydrogen-bond donors (Lipinski definition) is 1. The smallest absolute Gasteiger partial charge is 0.157 e. The van der Waals surface area contributed by atoms with Crippen LogP contribution >= 0.6 is 0 Å². The van der Waals surface area contributed by atoms with E-state index in [9.17, 15) is 5.26 Å². The molecular weight excluding hydrogens is 657 g/mol. The fourth-order valence-corrected chi connectivity index (χ4v) is 7.49. The van der Waals surface area contributed by atoms with Gasteiger partial charge in [-0.15, -0.1) is 0 Å². The molecule has 1 aliphatic rings. The van der Waals surface area contributed by atoms with Crippen molar-refractivity contribution in [2.24, 2.45) is 15.7 Å². The number of hydrogen-bond acceptors (Lipinski definition) is 2. The van der Waals surface area contributed by atoms with E-state index in [-0.39, 0.29) is 0 Å². The molecule has 0 amide bonds. The Balaban J connectivity index is 1.04. The highest BCUT2D eigenvalue weighted by molar-refractivity contribution is 6.22. The minimum absolute atomic E-state index is 0.417. The lowest BCUT2D eigenvalue weighted by molar-refractivity contribution is 1.06. The van der Waals surface area contributed by atoms with Crippen molar-refractivity contribution in [2.45, 2.75) is 6.54 Å². The van der Waals surface area contributed by atoms with Crippen molar-refractivity contribution in [1.29, 1.82) is 5.26 Å². The molecule has 0 saturated carbocycles. The number of nitrogens with zero attached hydrogens (tertiary/aromatic N) is 3. The van der Waals surface area contributed by atoms with Gasteiger partial charge in [0, 0.05) is 11.1 Å². The summed E-state index contributed by atoms with van der Waals surface area (Å²) >= 11 is 0. The summed E-state index contributed by atoms with van der Waals surface area (Å²) in [5, 5.41) is 11.9. The third kappa shape index (κ3) is 6.04. The molecule has 0 aromatic heterocycles. The molecule has 4 heteroatoms. The Morgan fingerprint density at radius 3 is 1.48 bits per heavy atom. The predicted molar refractivity (Wildman–Crippen MR) is 223 cm³/mol. The highest BCUT2D eigenvalue weighted by Crippen LogP contribution is 2.51. The van der Waals surface area contributed by atoms with Crippen molar-refractivity contribution >= 4 is 22.4 Å². The molecular formula is C50H34N4. The number of rotatable bonds is 7. The summed E-state index contributed by atoms with van der Waals surface area (Å²) in [6.07, 6.45) is 0. The maximum absolute atomic E-state index is 9.44. The monoisotopic (exact) mass is 690 g/mol. The third-order valence-electron chi connectivity index (χ3n) is 10.2. The lowest BCUT2D eigenvalue weighted by Crippen LogP contribution is -2.16. The summed E-state index contributed by atoms with van der Waals surface area (Å²) in [6, 6.07) is 65.0. The van der Waals surface area contributed by atoms with Gasteiger partial charge in [-0.05, 0) is 84.1 Å². The number of aliphatic imine (C=N–C) groups is 2. The van der Waals surface area contributed by atoms with Crippen molar-refractivity contribution < 1.29 is 0 Å². The number of amidine groups is 2. The minimum atomic E-state index is 0.417. The third-order valence-corrected chi connectivity index (χ3v) is 10.2. The molecule has 0 saturated heterocycles.